The summed E-state index contributed by atoms with van der Waals surface area (Å²) in [4.78, 5) is 3.90. The Morgan fingerprint density at radius 1 is 1.33 bits per heavy atom. The Balaban J connectivity index is 2.24. The number of thiazole rings is 1. The zero-order chi connectivity index (χ0) is 10.8. The number of nitrogens with one attached hydrogen (secondary N) is 1. The molecule has 3 nitrogen and oxygen atoms in total. The van der Waals surface area contributed by atoms with E-state index in [4.69, 9.17) is 5.73 Å². The van der Waals surface area contributed by atoms with Crippen LogP contribution in [0.5, 0.6) is 0 Å². The number of benzene rings is 1. The second kappa shape index (κ2) is 3.82. The van der Waals surface area contributed by atoms with Crippen molar-refractivity contribution in [1.82, 2.24) is 4.98 Å². The standard InChI is InChI=1S/C9H7F2N3S/c10-5-1-2-7(6(11)3-5)14-9-13-4-8(12)15-9/h1-4H,12H2,(H,13,14). The van der Waals surface area contributed by atoms with Gasteiger partial charge in [-0.25, -0.2) is 13.8 Å². The van der Waals surface area contributed by atoms with Gasteiger partial charge in [-0.3, -0.25) is 0 Å². The van der Waals surface area contributed by atoms with Gasteiger partial charge in [0.15, 0.2) is 5.13 Å². The molecule has 1 heterocycles. The number of anilines is 3. The van der Waals surface area contributed by atoms with E-state index in [1.54, 1.807) is 0 Å². The van der Waals surface area contributed by atoms with Crippen molar-refractivity contribution in [2.75, 3.05) is 11.1 Å². The van der Waals surface area contributed by atoms with Gasteiger partial charge in [0.05, 0.1) is 11.9 Å². The van der Waals surface area contributed by atoms with E-state index in [1.807, 2.05) is 0 Å². The quantitative estimate of drug-likeness (QED) is 0.829. The Morgan fingerprint density at radius 2 is 2.13 bits per heavy atom. The lowest BCUT2D eigenvalue weighted by Gasteiger charge is -2.03. The molecule has 1 aromatic heterocycles. The van der Waals surface area contributed by atoms with Crippen LogP contribution in [0.3, 0.4) is 0 Å². The third-order valence-corrected chi connectivity index (χ3v) is 2.44. The third kappa shape index (κ3) is 2.21. The van der Waals surface area contributed by atoms with Crippen LogP contribution < -0.4 is 11.1 Å². The van der Waals surface area contributed by atoms with Crippen LogP contribution in [0.25, 0.3) is 0 Å². The molecule has 0 spiro atoms. The molecule has 0 aliphatic rings. The molecule has 1 aromatic carbocycles. The predicted octanol–water partition coefficient (Wildman–Crippen LogP) is 2.75. The lowest BCUT2D eigenvalue weighted by Crippen LogP contribution is -1.93. The summed E-state index contributed by atoms with van der Waals surface area (Å²) < 4.78 is 25.8. The molecule has 0 atom stereocenters. The minimum atomic E-state index is -0.663. The van der Waals surface area contributed by atoms with Crippen LogP contribution in [-0.4, -0.2) is 4.98 Å². The van der Waals surface area contributed by atoms with Crippen LogP contribution in [0, 0.1) is 11.6 Å². The Labute approximate surface area is 88.6 Å². The minimum Gasteiger partial charge on any atom is -0.389 e. The van der Waals surface area contributed by atoms with Crippen LogP contribution in [-0.2, 0) is 0 Å². The first kappa shape index (κ1) is 9.85. The second-order valence-corrected chi connectivity index (χ2v) is 3.88. The maximum Gasteiger partial charge on any atom is 0.189 e. The molecular formula is C9H7F2N3S. The van der Waals surface area contributed by atoms with Crippen molar-refractivity contribution in [2.24, 2.45) is 0 Å². The monoisotopic (exact) mass is 227 g/mol. The van der Waals surface area contributed by atoms with Crippen molar-refractivity contribution < 1.29 is 8.78 Å². The van der Waals surface area contributed by atoms with Gasteiger partial charge < -0.3 is 11.1 Å². The van der Waals surface area contributed by atoms with Crippen LogP contribution in [0.1, 0.15) is 0 Å². The van der Waals surface area contributed by atoms with E-state index < -0.39 is 11.6 Å². The summed E-state index contributed by atoms with van der Waals surface area (Å²) in [7, 11) is 0. The van der Waals surface area contributed by atoms with Crippen molar-refractivity contribution in [1.29, 1.82) is 0 Å². The molecule has 0 unspecified atom stereocenters. The summed E-state index contributed by atoms with van der Waals surface area (Å²) in [5.41, 5.74) is 5.63. The first-order valence-electron chi connectivity index (χ1n) is 4.08. The molecule has 15 heavy (non-hydrogen) atoms. The van der Waals surface area contributed by atoms with Gasteiger partial charge in [-0.2, -0.15) is 0 Å². The summed E-state index contributed by atoms with van der Waals surface area (Å²) in [6.45, 7) is 0. The SMILES string of the molecule is Nc1cnc(Nc2ccc(F)cc2F)s1. The molecule has 0 saturated carbocycles. The van der Waals surface area contributed by atoms with E-state index in [1.165, 1.54) is 29.7 Å². The normalized spacial score (nSPS) is 10.3. The van der Waals surface area contributed by atoms with E-state index in [0.29, 0.717) is 10.1 Å². The van der Waals surface area contributed by atoms with Crippen LogP contribution in [0.2, 0.25) is 0 Å². The number of halogens is 2. The van der Waals surface area contributed by atoms with Gasteiger partial charge in [-0.1, -0.05) is 11.3 Å². The number of nitrogens with two attached hydrogens (primary N) is 1. The van der Waals surface area contributed by atoms with Crippen molar-refractivity contribution in [3.8, 4) is 0 Å². The number of nitrogens with zero attached hydrogens (tertiary/aromatic N) is 1. The Morgan fingerprint density at radius 3 is 2.73 bits per heavy atom. The molecule has 2 rings (SSSR count). The molecule has 3 N–H and O–H groups in total. The van der Waals surface area contributed by atoms with Gasteiger partial charge in [0.1, 0.15) is 16.6 Å². The van der Waals surface area contributed by atoms with E-state index in [2.05, 4.69) is 10.3 Å². The first-order valence-corrected chi connectivity index (χ1v) is 4.90. The van der Waals surface area contributed by atoms with Gasteiger partial charge in [0.25, 0.3) is 0 Å². The summed E-state index contributed by atoms with van der Waals surface area (Å²) in [5.74, 6) is -1.28. The second-order valence-electron chi connectivity index (χ2n) is 2.82. The average molecular weight is 227 g/mol. The van der Waals surface area contributed by atoms with Crippen molar-refractivity contribution in [3.05, 3.63) is 36.0 Å². The highest BCUT2D eigenvalue weighted by molar-refractivity contribution is 7.19. The fourth-order valence-corrected chi connectivity index (χ4v) is 1.65. The molecule has 0 aliphatic carbocycles. The average Bonchev–Trinajstić information content (AvgIpc) is 2.56. The number of aromatic nitrogens is 1. The zero-order valence-electron chi connectivity index (χ0n) is 7.50. The van der Waals surface area contributed by atoms with E-state index in [9.17, 15) is 8.78 Å². The summed E-state index contributed by atoms with van der Waals surface area (Å²) >= 11 is 1.19. The molecule has 0 fully saturated rings. The van der Waals surface area contributed by atoms with E-state index >= 15 is 0 Å². The number of hydrogen-bond donors (Lipinski definition) is 2. The topological polar surface area (TPSA) is 50.9 Å². The molecule has 78 valence electrons. The molecule has 0 bridgehead atoms. The molecule has 0 radical (unpaired) electrons. The molecule has 6 heteroatoms. The molecule has 0 saturated heterocycles. The fraction of sp³-hybridized carbons (Fsp3) is 0. The van der Waals surface area contributed by atoms with E-state index in [-0.39, 0.29) is 5.69 Å². The number of nitrogen functional groups attached to an aromatic ring is 1. The van der Waals surface area contributed by atoms with Crippen LogP contribution in [0.4, 0.5) is 24.6 Å². The lowest BCUT2D eigenvalue weighted by molar-refractivity contribution is 0.586. The highest BCUT2D eigenvalue weighted by Crippen LogP contribution is 2.25. The first-order chi connectivity index (χ1) is 7.15. The molecular weight excluding hydrogens is 220 g/mol. The Hall–Kier alpha value is -1.69. The van der Waals surface area contributed by atoms with Gasteiger partial charge >= 0.3 is 0 Å². The van der Waals surface area contributed by atoms with Crippen molar-refractivity contribution in [2.45, 2.75) is 0 Å². The lowest BCUT2D eigenvalue weighted by atomic mass is 10.3. The fourth-order valence-electron chi connectivity index (χ4n) is 1.05. The van der Waals surface area contributed by atoms with Crippen LogP contribution in [0.15, 0.2) is 24.4 Å². The molecule has 0 amide bonds. The predicted molar refractivity (Wildman–Crippen MR) is 56.2 cm³/mol. The summed E-state index contributed by atoms with van der Waals surface area (Å²) in [6, 6.07) is 3.28. The maximum atomic E-state index is 13.2. The minimum absolute atomic E-state index is 0.172. The van der Waals surface area contributed by atoms with Gasteiger partial charge in [-0.05, 0) is 12.1 Å². The number of hydrogen-bond acceptors (Lipinski definition) is 4. The smallest absolute Gasteiger partial charge is 0.189 e. The maximum absolute atomic E-state index is 13.2. The highest BCUT2D eigenvalue weighted by atomic mass is 32.1. The van der Waals surface area contributed by atoms with Gasteiger partial charge in [-0.15, -0.1) is 0 Å². The van der Waals surface area contributed by atoms with Crippen molar-refractivity contribution in [3.63, 3.8) is 0 Å². The summed E-state index contributed by atoms with van der Waals surface area (Å²) in [5, 5.41) is 3.70. The van der Waals surface area contributed by atoms with Gasteiger partial charge in [0.2, 0.25) is 0 Å². The largest absolute Gasteiger partial charge is 0.389 e. The Kier molecular flexibility index (Phi) is 2.51. The Bertz CT molecular complexity index is 484. The number of rotatable bonds is 2. The molecule has 2 aromatic rings. The van der Waals surface area contributed by atoms with Crippen molar-refractivity contribution >= 4 is 27.2 Å². The zero-order valence-corrected chi connectivity index (χ0v) is 8.31. The van der Waals surface area contributed by atoms with Crippen LogP contribution >= 0.6 is 11.3 Å². The van der Waals surface area contributed by atoms with Gasteiger partial charge in [0, 0.05) is 6.07 Å². The highest BCUT2D eigenvalue weighted by Gasteiger charge is 2.05. The third-order valence-electron chi connectivity index (χ3n) is 1.70. The summed E-state index contributed by atoms with van der Waals surface area (Å²) in [6.07, 6.45) is 1.47. The molecule has 0 aliphatic heterocycles. The van der Waals surface area contributed by atoms with E-state index in [0.717, 1.165) is 6.07 Å².